The van der Waals surface area contributed by atoms with Crippen molar-refractivity contribution in [2.75, 3.05) is 19.8 Å². The maximum atomic E-state index is 5.90. The van der Waals surface area contributed by atoms with E-state index in [4.69, 9.17) is 19.9 Å². The quantitative estimate of drug-likeness (QED) is 0.841. The number of fused-ring (bicyclic) bond motifs is 1. The Morgan fingerprint density at radius 2 is 1.71 bits per heavy atom. The fourth-order valence-electron chi connectivity index (χ4n) is 2.15. The summed E-state index contributed by atoms with van der Waals surface area (Å²) >= 11 is 3.39. The monoisotopic (exact) mass is 349 g/mol. The summed E-state index contributed by atoms with van der Waals surface area (Å²) in [4.78, 5) is 0. The van der Waals surface area contributed by atoms with E-state index < -0.39 is 0 Å². The highest BCUT2D eigenvalue weighted by atomic mass is 79.9. The van der Waals surface area contributed by atoms with Crippen LogP contribution < -0.4 is 19.9 Å². The summed E-state index contributed by atoms with van der Waals surface area (Å²) in [5.41, 5.74) is 6.94. The lowest BCUT2D eigenvalue weighted by atomic mass is 10.1. The molecule has 2 aromatic carbocycles. The fourth-order valence-corrected chi connectivity index (χ4v) is 2.42. The highest BCUT2D eigenvalue weighted by Crippen LogP contribution is 2.33. The Bertz CT molecular complexity index is 615. The molecule has 3 rings (SSSR count). The molecule has 0 amide bonds. The van der Waals surface area contributed by atoms with Gasteiger partial charge in [0.05, 0.1) is 6.04 Å². The van der Waals surface area contributed by atoms with Gasteiger partial charge >= 0.3 is 0 Å². The van der Waals surface area contributed by atoms with E-state index in [1.807, 2.05) is 42.5 Å². The van der Waals surface area contributed by atoms with Gasteiger partial charge in [-0.2, -0.15) is 0 Å². The normalized spacial score (nSPS) is 16.2. The van der Waals surface area contributed by atoms with Crippen molar-refractivity contribution in [2.24, 2.45) is 5.73 Å². The molecule has 0 radical (unpaired) electrons. The summed E-state index contributed by atoms with van der Waals surface area (Å²) in [6.45, 7) is 1.49. The molecule has 5 heteroatoms. The van der Waals surface area contributed by atoms with E-state index in [0.717, 1.165) is 27.3 Å². The van der Waals surface area contributed by atoms with Crippen molar-refractivity contribution in [3.05, 3.63) is 52.5 Å². The minimum absolute atomic E-state index is 0.0326. The Morgan fingerprint density at radius 3 is 2.48 bits per heavy atom. The lowest BCUT2D eigenvalue weighted by molar-refractivity contribution is 0.216. The number of hydrogen-bond acceptors (Lipinski definition) is 4. The van der Waals surface area contributed by atoms with Gasteiger partial charge < -0.3 is 19.9 Å². The van der Waals surface area contributed by atoms with Crippen LogP contribution >= 0.6 is 15.9 Å². The molecule has 0 saturated carbocycles. The molecule has 0 aromatic heterocycles. The average molecular weight is 350 g/mol. The van der Waals surface area contributed by atoms with Crippen LogP contribution in [0.25, 0.3) is 0 Å². The molecule has 1 aliphatic heterocycles. The summed E-state index contributed by atoms with van der Waals surface area (Å²) in [6.07, 6.45) is 0. The Morgan fingerprint density at radius 1 is 1.05 bits per heavy atom. The minimum atomic E-state index is -0.0326. The number of nitrogens with two attached hydrogens (primary N) is 1. The molecular formula is C16H16BrNO3. The van der Waals surface area contributed by atoms with Gasteiger partial charge in [0, 0.05) is 16.1 Å². The van der Waals surface area contributed by atoms with Crippen molar-refractivity contribution in [2.45, 2.75) is 6.04 Å². The van der Waals surface area contributed by atoms with E-state index in [1.54, 1.807) is 0 Å². The molecule has 1 aliphatic rings. The van der Waals surface area contributed by atoms with E-state index in [9.17, 15) is 0 Å². The van der Waals surface area contributed by atoms with Crippen LogP contribution in [0.5, 0.6) is 17.2 Å². The number of ether oxygens (including phenoxy) is 3. The van der Waals surface area contributed by atoms with Gasteiger partial charge in [0.1, 0.15) is 37.1 Å². The standard InChI is InChI=1S/C16H16BrNO3/c17-11-1-3-12(4-2-11)19-7-8-20-13-5-6-14-15(18)10-21-16(14)9-13/h1-6,9,15H,7-8,10,18H2. The van der Waals surface area contributed by atoms with Crippen LogP contribution in [0, 0.1) is 0 Å². The molecule has 1 unspecified atom stereocenters. The second kappa shape index (κ2) is 6.37. The maximum absolute atomic E-state index is 5.90. The number of halogens is 1. The molecular weight excluding hydrogens is 334 g/mol. The molecule has 2 N–H and O–H groups in total. The van der Waals surface area contributed by atoms with E-state index in [0.29, 0.717) is 19.8 Å². The molecule has 1 atom stereocenters. The fraction of sp³-hybridized carbons (Fsp3) is 0.250. The lowest BCUT2D eigenvalue weighted by Gasteiger charge is -2.09. The van der Waals surface area contributed by atoms with Crippen LogP contribution in [0.3, 0.4) is 0 Å². The first-order valence-electron chi connectivity index (χ1n) is 6.76. The van der Waals surface area contributed by atoms with Crippen molar-refractivity contribution in [3.63, 3.8) is 0 Å². The Balaban J connectivity index is 1.48. The minimum Gasteiger partial charge on any atom is -0.491 e. The maximum Gasteiger partial charge on any atom is 0.127 e. The van der Waals surface area contributed by atoms with Gasteiger partial charge in [-0.25, -0.2) is 0 Å². The predicted octanol–water partition coefficient (Wildman–Crippen LogP) is 3.30. The molecule has 0 fully saturated rings. The molecule has 4 nitrogen and oxygen atoms in total. The van der Waals surface area contributed by atoms with E-state index in [2.05, 4.69) is 15.9 Å². The van der Waals surface area contributed by atoms with E-state index in [1.165, 1.54) is 0 Å². The van der Waals surface area contributed by atoms with Crippen LogP contribution in [0.4, 0.5) is 0 Å². The lowest BCUT2D eigenvalue weighted by Crippen LogP contribution is -2.10. The molecule has 0 saturated heterocycles. The van der Waals surface area contributed by atoms with Gasteiger partial charge in [0.2, 0.25) is 0 Å². The largest absolute Gasteiger partial charge is 0.491 e. The summed E-state index contributed by atoms with van der Waals surface area (Å²) in [5.74, 6) is 2.40. The van der Waals surface area contributed by atoms with Crippen LogP contribution in [0.15, 0.2) is 46.9 Å². The van der Waals surface area contributed by atoms with E-state index >= 15 is 0 Å². The average Bonchev–Trinajstić information content (AvgIpc) is 2.86. The van der Waals surface area contributed by atoms with Crippen molar-refractivity contribution in [1.29, 1.82) is 0 Å². The summed E-state index contributed by atoms with van der Waals surface area (Å²) in [6, 6.07) is 13.4. The van der Waals surface area contributed by atoms with Gasteiger partial charge in [0.25, 0.3) is 0 Å². The van der Waals surface area contributed by atoms with Gasteiger partial charge in [-0.1, -0.05) is 15.9 Å². The van der Waals surface area contributed by atoms with Crippen LogP contribution in [-0.4, -0.2) is 19.8 Å². The van der Waals surface area contributed by atoms with Crippen molar-refractivity contribution < 1.29 is 14.2 Å². The smallest absolute Gasteiger partial charge is 0.127 e. The zero-order valence-electron chi connectivity index (χ0n) is 11.4. The molecule has 1 heterocycles. The first-order valence-corrected chi connectivity index (χ1v) is 7.55. The Kier molecular flexibility index (Phi) is 4.31. The molecule has 0 bridgehead atoms. The van der Waals surface area contributed by atoms with E-state index in [-0.39, 0.29) is 6.04 Å². The summed E-state index contributed by atoms with van der Waals surface area (Å²) in [7, 11) is 0. The molecule has 110 valence electrons. The third-order valence-corrected chi connectivity index (χ3v) is 3.77. The van der Waals surface area contributed by atoms with Gasteiger partial charge in [-0.3, -0.25) is 0 Å². The van der Waals surface area contributed by atoms with Gasteiger partial charge in [0.15, 0.2) is 0 Å². The van der Waals surface area contributed by atoms with Gasteiger partial charge in [-0.15, -0.1) is 0 Å². The summed E-state index contributed by atoms with van der Waals surface area (Å²) in [5, 5.41) is 0. The Labute approximate surface area is 131 Å². The van der Waals surface area contributed by atoms with Crippen LogP contribution in [0.1, 0.15) is 11.6 Å². The third kappa shape index (κ3) is 3.49. The molecule has 21 heavy (non-hydrogen) atoms. The predicted molar refractivity (Wildman–Crippen MR) is 84.0 cm³/mol. The number of benzene rings is 2. The first kappa shape index (κ1) is 14.2. The zero-order valence-corrected chi connectivity index (χ0v) is 13.0. The third-order valence-electron chi connectivity index (χ3n) is 3.24. The second-order valence-electron chi connectivity index (χ2n) is 4.77. The van der Waals surface area contributed by atoms with Crippen molar-refractivity contribution in [3.8, 4) is 17.2 Å². The second-order valence-corrected chi connectivity index (χ2v) is 5.68. The molecule has 0 aliphatic carbocycles. The highest BCUT2D eigenvalue weighted by Gasteiger charge is 2.20. The SMILES string of the molecule is NC1COc2cc(OCCOc3ccc(Br)cc3)ccc21. The van der Waals surface area contributed by atoms with Gasteiger partial charge in [-0.05, 0) is 36.4 Å². The topological polar surface area (TPSA) is 53.7 Å². The van der Waals surface area contributed by atoms with Crippen LogP contribution in [-0.2, 0) is 0 Å². The van der Waals surface area contributed by atoms with Crippen LogP contribution in [0.2, 0.25) is 0 Å². The number of hydrogen-bond donors (Lipinski definition) is 1. The van der Waals surface area contributed by atoms with Crippen molar-refractivity contribution >= 4 is 15.9 Å². The summed E-state index contributed by atoms with van der Waals surface area (Å²) < 4.78 is 17.8. The highest BCUT2D eigenvalue weighted by molar-refractivity contribution is 9.10. The number of rotatable bonds is 5. The first-order chi connectivity index (χ1) is 10.2. The molecule has 2 aromatic rings. The Hall–Kier alpha value is -1.72. The van der Waals surface area contributed by atoms with Crippen molar-refractivity contribution in [1.82, 2.24) is 0 Å². The molecule has 0 spiro atoms. The zero-order chi connectivity index (χ0) is 14.7.